The van der Waals surface area contributed by atoms with Crippen molar-refractivity contribution in [2.45, 2.75) is 0 Å². The number of rotatable bonds is 2. The van der Waals surface area contributed by atoms with Crippen molar-refractivity contribution in [3.63, 3.8) is 0 Å². The molecule has 2 amide bonds. The third-order valence-electron chi connectivity index (χ3n) is 1.37. The normalized spacial score (nSPS) is 10.4. The fourth-order valence-electron chi connectivity index (χ4n) is 0.791. The Balaban J connectivity index is 2.76. The third-order valence-corrected chi connectivity index (χ3v) is 1.86. The van der Waals surface area contributed by atoms with Crippen LogP contribution in [0.3, 0.4) is 0 Å². The van der Waals surface area contributed by atoms with Crippen molar-refractivity contribution in [2.24, 2.45) is 10.8 Å². The van der Waals surface area contributed by atoms with Crippen LogP contribution in [0.1, 0.15) is 5.56 Å². The molecule has 1 aromatic rings. The lowest BCUT2D eigenvalue weighted by Crippen LogP contribution is -2.24. The van der Waals surface area contributed by atoms with E-state index >= 15 is 0 Å². The molecule has 0 atom stereocenters. The van der Waals surface area contributed by atoms with Crippen LogP contribution in [0.4, 0.5) is 4.79 Å². The minimum Gasteiger partial charge on any atom is -0.507 e. The summed E-state index contributed by atoms with van der Waals surface area (Å²) in [6.07, 6.45) is 1.30. The summed E-state index contributed by atoms with van der Waals surface area (Å²) in [6.45, 7) is 0. The topological polar surface area (TPSA) is 87.7 Å². The molecule has 0 bridgehead atoms. The molecular formula is C8H8BrN3O2. The van der Waals surface area contributed by atoms with Gasteiger partial charge in [0.2, 0.25) is 0 Å². The number of phenols is 1. The van der Waals surface area contributed by atoms with E-state index in [0.717, 1.165) is 4.47 Å². The van der Waals surface area contributed by atoms with E-state index in [-0.39, 0.29) is 5.75 Å². The highest BCUT2D eigenvalue weighted by Crippen LogP contribution is 2.20. The van der Waals surface area contributed by atoms with Gasteiger partial charge in [0, 0.05) is 10.0 Å². The number of nitrogens with one attached hydrogen (secondary N) is 1. The lowest BCUT2D eigenvalue weighted by molar-refractivity contribution is 0.249. The summed E-state index contributed by atoms with van der Waals surface area (Å²) in [6, 6.07) is 4.15. The number of aromatic hydroxyl groups is 1. The van der Waals surface area contributed by atoms with Crippen LogP contribution in [0, 0.1) is 0 Å². The Morgan fingerprint density at radius 1 is 1.64 bits per heavy atom. The molecule has 14 heavy (non-hydrogen) atoms. The van der Waals surface area contributed by atoms with Gasteiger partial charge in [-0.2, -0.15) is 5.10 Å². The van der Waals surface area contributed by atoms with Gasteiger partial charge in [-0.1, -0.05) is 15.9 Å². The van der Waals surface area contributed by atoms with Gasteiger partial charge in [-0.25, -0.2) is 10.2 Å². The van der Waals surface area contributed by atoms with Gasteiger partial charge in [-0.05, 0) is 18.2 Å². The number of nitrogens with two attached hydrogens (primary N) is 1. The molecule has 4 N–H and O–H groups in total. The average molecular weight is 258 g/mol. The summed E-state index contributed by atoms with van der Waals surface area (Å²) < 4.78 is 0.759. The van der Waals surface area contributed by atoms with Crippen molar-refractivity contribution < 1.29 is 9.90 Å². The number of phenolic OH excluding ortho intramolecular Hbond substituents is 1. The first-order valence-electron chi connectivity index (χ1n) is 3.66. The zero-order chi connectivity index (χ0) is 10.6. The Morgan fingerprint density at radius 3 is 2.93 bits per heavy atom. The molecule has 0 aliphatic heterocycles. The van der Waals surface area contributed by atoms with E-state index in [9.17, 15) is 9.90 Å². The molecule has 0 spiro atoms. The van der Waals surface area contributed by atoms with E-state index in [2.05, 4.69) is 21.0 Å². The SMILES string of the molecule is NC(=O)N/N=C/c1ccc(Br)cc1O. The molecule has 5 nitrogen and oxygen atoms in total. The summed E-state index contributed by atoms with van der Waals surface area (Å²) >= 11 is 3.19. The number of primary amides is 1. The number of hydrogen-bond donors (Lipinski definition) is 3. The number of carbonyl (C=O) groups is 1. The lowest BCUT2D eigenvalue weighted by atomic mass is 10.2. The van der Waals surface area contributed by atoms with Crippen molar-refractivity contribution >= 4 is 28.2 Å². The Hall–Kier alpha value is -1.56. The first-order chi connectivity index (χ1) is 6.59. The van der Waals surface area contributed by atoms with E-state index in [1.807, 2.05) is 5.43 Å². The molecule has 6 heteroatoms. The second-order valence-corrected chi connectivity index (χ2v) is 3.35. The van der Waals surface area contributed by atoms with E-state index in [1.165, 1.54) is 12.3 Å². The summed E-state index contributed by atoms with van der Waals surface area (Å²) in [4.78, 5) is 10.3. The van der Waals surface area contributed by atoms with Gasteiger partial charge in [0.15, 0.2) is 0 Å². The first-order valence-corrected chi connectivity index (χ1v) is 4.46. The molecule has 0 saturated carbocycles. The number of amides is 2. The number of nitrogens with zero attached hydrogens (tertiary/aromatic N) is 1. The quantitative estimate of drug-likeness (QED) is 0.549. The van der Waals surface area contributed by atoms with Crippen LogP contribution < -0.4 is 11.2 Å². The standard InChI is InChI=1S/C8H8BrN3O2/c9-6-2-1-5(7(13)3-6)4-11-12-8(10)14/h1-4,13H,(H3,10,12,14)/b11-4+. The zero-order valence-corrected chi connectivity index (χ0v) is 8.65. The molecule has 0 saturated heterocycles. The molecule has 1 aromatic carbocycles. The number of carbonyl (C=O) groups excluding carboxylic acids is 1. The van der Waals surface area contributed by atoms with Gasteiger partial charge in [-0.15, -0.1) is 0 Å². The summed E-state index contributed by atoms with van der Waals surface area (Å²) in [5, 5.41) is 12.9. The van der Waals surface area contributed by atoms with Gasteiger partial charge in [0.05, 0.1) is 6.21 Å². The molecule has 0 aromatic heterocycles. The van der Waals surface area contributed by atoms with E-state index in [0.29, 0.717) is 5.56 Å². The third kappa shape index (κ3) is 3.06. The van der Waals surface area contributed by atoms with Crippen molar-refractivity contribution in [3.8, 4) is 5.75 Å². The highest BCUT2D eigenvalue weighted by atomic mass is 79.9. The predicted molar refractivity (Wildman–Crippen MR) is 56.1 cm³/mol. The van der Waals surface area contributed by atoms with Gasteiger partial charge in [0.25, 0.3) is 0 Å². The molecular weight excluding hydrogens is 250 g/mol. The molecule has 1 rings (SSSR count). The van der Waals surface area contributed by atoms with Crippen LogP contribution in [0.15, 0.2) is 27.8 Å². The number of urea groups is 1. The fraction of sp³-hybridized carbons (Fsp3) is 0. The first kappa shape index (κ1) is 10.5. The van der Waals surface area contributed by atoms with Crippen molar-refractivity contribution in [3.05, 3.63) is 28.2 Å². The van der Waals surface area contributed by atoms with Gasteiger partial charge in [-0.3, -0.25) is 0 Å². The largest absolute Gasteiger partial charge is 0.507 e. The average Bonchev–Trinajstić information content (AvgIpc) is 2.08. The number of hydrogen-bond acceptors (Lipinski definition) is 3. The number of halogens is 1. The minimum absolute atomic E-state index is 0.0643. The monoisotopic (exact) mass is 257 g/mol. The molecule has 0 aliphatic carbocycles. The van der Waals surface area contributed by atoms with Gasteiger partial charge in [0.1, 0.15) is 5.75 Å². The summed E-state index contributed by atoms with van der Waals surface area (Å²) in [5.41, 5.74) is 7.29. The van der Waals surface area contributed by atoms with Gasteiger partial charge < -0.3 is 10.8 Å². The maximum Gasteiger partial charge on any atom is 0.332 e. The molecule has 0 fully saturated rings. The maximum atomic E-state index is 10.3. The number of hydrazone groups is 1. The Bertz CT molecular complexity index is 379. The Labute approximate surface area is 88.7 Å². The zero-order valence-electron chi connectivity index (χ0n) is 7.07. The van der Waals surface area contributed by atoms with Crippen molar-refractivity contribution in [1.82, 2.24) is 5.43 Å². The Morgan fingerprint density at radius 2 is 2.36 bits per heavy atom. The molecule has 0 aliphatic rings. The van der Waals surface area contributed by atoms with Crippen LogP contribution in [0.5, 0.6) is 5.75 Å². The molecule has 0 heterocycles. The van der Waals surface area contributed by atoms with Gasteiger partial charge >= 0.3 is 6.03 Å². The van der Waals surface area contributed by atoms with Crippen LogP contribution in [0.2, 0.25) is 0 Å². The maximum absolute atomic E-state index is 10.3. The second-order valence-electron chi connectivity index (χ2n) is 2.44. The summed E-state index contributed by atoms with van der Waals surface area (Å²) in [7, 11) is 0. The predicted octanol–water partition coefficient (Wildman–Crippen LogP) is 1.16. The van der Waals surface area contributed by atoms with Crippen LogP contribution in [-0.2, 0) is 0 Å². The van der Waals surface area contributed by atoms with Crippen molar-refractivity contribution in [1.29, 1.82) is 0 Å². The van der Waals surface area contributed by atoms with Crippen molar-refractivity contribution in [2.75, 3.05) is 0 Å². The van der Waals surface area contributed by atoms with E-state index < -0.39 is 6.03 Å². The highest BCUT2D eigenvalue weighted by Gasteiger charge is 1.98. The number of benzene rings is 1. The minimum atomic E-state index is -0.752. The van der Waals surface area contributed by atoms with Crippen LogP contribution >= 0.6 is 15.9 Å². The molecule has 0 unspecified atom stereocenters. The molecule has 0 radical (unpaired) electrons. The molecule has 74 valence electrons. The van der Waals surface area contributed by atoms with Crippen LogP contribution in [0.25, 0.3) is 0 Å². The van der Waals surface area contributed by atoms with E-state index in [1.54, 1.807) is 12.1 Å². The highest BCUT2D eigenvalue weighted by molar-refractivity contribution is 9.10. The fourth-order valence-corrected chi connectivity index (χ4v) is 1.14. The lowest BCUT2D eigenvalue weighted by Gasteiger charge is -1.98. The summed E-state index contributed by atoms with van der Waals surface area (Å²) in [5.74, 6) is 0.0643. The van der Waals surface area contributed by atoms with E-state index in [4.69, 9.17) is 5.73 Å². The smallest absolute Gasteiger partial charge is 0.332 e. The second kappa shape index (κ2) is 4.61. The van der Waals surface area contributed by atoms with Crippen LogP contribution in [-0.4, -0.2) is 17.4 Å². The Kier molecular flexibility index (Phi) is 3.47.